The Morgan fingerprint density at radius 1 is 1.00 bits per heavy atom. The van der Waals surface area contributed by atoms with Gasteiger partial charge in [-0.2, -0.15) is 0 Å². The molecule has 0 aliphatic heterocycles. The molecule has 1 amide bonds. The van der Waals surface area contributed by atoms with E-state index >= 15 is 0 Å². The largest absolute Gasteiger partial charge is 0.506 e. The number of carbonyl (C=O) groups is 1. The van der Waals surface area contributed by atoms with E-state index in [2.05, 4.69) is 10.3 Å². The van der Waals surface area contributed by atoms with E-state index in [0.29, 0.717) is 5.69 Å². The van der Waals surface area contributed by atoms with Crippen molar-refractivity contribution in [1.29, 1.82) is 0 Å². The number of rotatable bonds is 3. The van der Waals surface area contributed by atoms with Gasteiger partial charge < -0.3 is 15.4 Å². The first-order chi connectivity index (χ1) is 11.6. The second-order valence-electron chi connectivity index (χ2n) is 5.07. The van der Waals surface area contributed by atoms with Gasteiger partial charge in [-0.1, -0.05) is 36.4 Å². The fourth-order valence-electron chi connectivity index (χ4n) is 2.26. The molecule has 0 saturated heterocycles. The number of carbonyl (C=O) groups excluding carboxylic acids is 1. The minimum atomic E-state index is -0.809. The zero-order valence-electron chi connectivity index (χ0n) is 12.4. The van der Waals surface area contributed by atoms with E-state index in [4.69, 9.17) is 0 Å². The number of aromatic hydroxyl groups is 1. The third-order valence-electron chi connectivity index (χ3n) is 3.47. The van der Waals surface area contributed by atoms with Crippen LogP contribution in [0, 0.1) is 5.82 Å². The molecule has 2 aromatic carbocycles. The number of pyridine rings is 1. The number of halogens is 1. The maximum Gasteiger partial charge on any atom is 0.261 e. The zero-order valence-corrected chi connectivity index (χ0v) is 12.4. The highest BCUT2D eigenvalue weighted by atomic mass is 19.1. The Morgan fingerprint density at radius 3 is 2.42 bits per heavy atom. The topological polar surface area (TPSA) is 82.2 Å². The van der Waals surface area contributed by atoms with E-state index < -0.39 is 23.0 Å². The average Bonchev–Trinajstić information content (AvgIpc) is 2.59. The summed E-state index contributed by atoms with van der Waals surface area (Å²) in [6.45, 7) is 0. The summed E-state index contributed by atoms with van der Waals surface area (Å²) < 4.78 is 13.7. The number of anilines is 1. The highest BCUT2D eigenvalue weighted by Crippen LogP contribution is 2.26. The summed E-state index contributed by atoms with van der Waals surface area (Å²) >= 11 is 0. The number of hydrogen-bond donors (Lipinski definition) is 3. The van der Waals surface area contributed by atoms with Gasteiger partial charge >= 0.3 is 0 Å². The molecule has 0 radical (unpaired) electrons. The van der Waals surface area contributed by atoms with Crippen molar-refractivity contribution in [2.45, 2.75) is 0 Å². The molecule has 0 unspecified atom stereocenters. The first-order valence-corrected chi connectivity index (χ1v) is 7.14. The Hall–Kier alpha value is -3.41. The van der Waals surface area contributed by atoms with Crippen molar-refractivity contribution in [2.75, 3.05) is 5.32 Å². The van der Waals surface area contributed by atoms with Gasteiger partial charge in [0.15, 0.2) is 5.82 Å². The predicted molar refractivity (Wildman–Crippen MR) is 88.5 cm³/mol. The lowest BCUT2D eigenvalue weighted by Crippen LogP contribution is -2.23. The molecule has 1 heterocycles. The smallest absolute Gasteiger partial charge is 0.261 e. The molecular formula is C18H13FN2O3. The summed E-state index contributed by atoms with van der Waals surface area (Å²) in [5.74, 6) is -2.02. The molecule has 0 bridgehead atoms. The lowest BCUT2D eigenvalue weighted by Gasteiger charge is -2.08. The van der Waals surface area contributed by atoms with Crippen LogP contribution in [-0.2, 0) is 0 Å². The van der Waals surface area contributed by atoms with Crippen LogP contribution in [0.2, 0.25) is 0 Å². The minimum absolute atomic E-state index is 0.183. The number of aromatic amines is 1. The minimum Gasteiger partial charge on any atom is -0.506 e. The fraction of sp³-hybridized carbons (Fsp3) is 0. The van der Waals surface area contributed by atoms with Gasteiger partial charge in [-0.05, 0) is 29.8 Å². The molecule has 0 fully saturated rings. The highest BCUT2D eigenvalue weighted by Gasteiger charge is 2.16. The van der Waals surface area contributed by atoms with Gasteiger partial charge in [-0.25, -0.2) is 4.39 Å². The molecular weight excluding hydrogens is 311 g/mol. The molecule has 3 rings (SSSR count). The van der Waals surface area contributed by atoms with Gasteiger partial charge in [0.05, 0.1) is 0 Å². The number of amides is 1. The van der Waals surface area contributed by atoms with Crippen LogP contribution in [-0.4, -0.2) is 16.0 Å². The second kappa shape index (κ2) is 6.37. The van der Waals surface area contributed by atoms with Gasteiger partial charge in [0.2, 0.25) is 0 Å². The van der Waals surface area contributed by atoms with Crippen LogP contribution in [0.25, 0.3) is 11.3 Å². The van der Waals surface area contributed by atoms with Crippen molar-refractivity contribution >= 4 is 11.6 Å². The average molecular weight is 324 g/mol. The quantitative estimate of drug-likeness (QED) is 0.647. The van der Waals surface area contributed by atoms with E-state index in [1.54, 1.807) is 6.07 Å². The normalized spacial score (nSPS) is 10.4. The van der Waals surface area contributed by atoms with Gasteiger partial charge in [-0.15, -0.1) is 0 Å². The van der Waals surface area contributed by atoms with Crippen LogP contribution in [0.4, 0.5) is 10.1 Å². The fourth-order valence-corrected chi connectivity index (χ4v) is 2.26. The summed E-state index contributed by atoms with van der Waals surface area (Å²) in [5.41, 5.74) is 0.204. The van der Waals surface area contributed by atoms with Crippen molar-refractivity contribution in [3.05, 3.63) is 82.4 Å². The van der Waals surface area contributed by atoms with Crippen LogP contribution in [0.3, 0.4) is 0 Å². The summed E-state index contributed by atoms with van der Waals surface area (Å²) in [5, 5.41) is 11.8. The Bertz CT molecular complexity index is 932. The first-order valence-electron chi connectivity index (χ1n) is 7.14. The number of H-pyrrole nitrogens is 1. The Labute approximate surface area is 136 Å². The highest BCUT2D eigenvalue weighted by molar-refractivity contribution is 6.04. The molecule has 1 aromatic heterocycles. The molecule has 3 aromatic rings. The van der Waals surface area contributed by atoms with E-state index in [1.165, 1.54) is 18.2 Å². The molecule has 5 nitrogen and oxygen atoms in total. The summed E-state index contributed by atoms with van der Waals surface area (Å²) in [4.78, 5) is 26.9. The summed E-state index contributed by atoms with van der Waals surface area (Å²) in [6, 6.07) is 15.7. The Kier molecular flexibility index (Phi) is 4.11. The van der Waals surface area contributed by atoms with E-state index in [0.717, 1.165) is 11.6 Å². The standard InChI is InChI=1S/C18H13FN2O3/c19-13-7-4-8-15(22)16(13)21-18(24)12-9-10-14(20-17(12)23)11-5-2-1-3-6-11/h1-10,22H,(H,20,23)(H,21,24). The van der Waals surface area contributed by atoms with Crippen LogP contribution in [0.1, 0.15) is 10.4 Å². The van der Waals surface area contributed by atoms with Gasteiger partial charge in [0.25, 0.3) is 11.5 Å². The molecule has 0 atom stereocenters. The van der Waals surface area contributed by atoms with Crippen LogP contribution in [0.5, 0.6) is 5.75 Å². The van der Waals surface area contributed by atoms with Gasteiger partial charge in [0, 0.05) is 5.69 Å². The van der Waals surface area contributed by atoms with Crippen molar-refractivity contribution < 1.29 is 14.3 Å². The number of para-hydroxylation sites is 1. The summed E-state index contributed by atoms with van der Waals surface area (Å²) in [7, 11) is 0. The Balaban J connectivity index is 1.90. The zero-order chi connectivity index (χ0) is 17.1. The third-order valence-corrected chi connectivity index (χ3v) is 3.47. The number of benzene rings is 2. The number of nitrogens with one attached hydrogen (secondary N) is 2. The molecule has 0 aliphatic carbocycles. The van der Waals surface area contributed by atoms with Crippen LogP contribution < -0.4 is 10.9 Å². The van der Waals surface area contributed by atoms with Gasteiger partial charge in [-0.3, -0.25) is 9.59 Å². The van der Waals surface area contributed by atoms with Crippen LogP contribution >= 0.6 is 0 Å². The monoisotopic (exact) mass is 324 g/mol. The summed E-state index contributed by atoms with van der Waals surface area (Å²) in [6.07, 6.45) is 0. The molecule has 6 heteroatoms. The molecule has 0 saturated carbocycles. The lowest BCUT2D eigenvalue weighted by molar-refractivity contribution is 0.102. The van der Waals surface area contributed by atoms with Crippen molar-refractivity contribution in [1.82, 2.24) is 4.98 Å². The van der Waals surface area contributed by atoms with E-state index in [9.17, 15) is 19.1 Å². The Morgan fingerprint density at radius 2 is 1.75 bits per heavy atom. The molecule has 3 N–H and O–H groups in total. The number of hydrogen-bond acceptors (Lipinski definition) is 3. The number of phenolic OH excluding ortho intramolecular Hbond substituents is 1. The molecule has 0 spiro atoms. The maximum absolute atomic E-state index is 13.7. The van der Waals surface area contributed by atoms with E-state index in [-0.39, 0.29) is 11.3 Å². The lowest BCUT2D eigenvalue weighted by atomic mass is 10.1. The van der Waals surface area contributed by atoms with Crippen molar-refractivity contribution in [3.63, 3.8) is 0 Å². The third kappa shape index (κ3) is 3.03. The second-order valence-corrected chi connectivity index (χ2v) is 5.07. The molecule has 0 aliphatic rings. The van der Waals surface area contributed by atoms with E-state index in [1.807, 2.05) is 30.3 Å². The predicted octanol–water partition coefficient (Wildman–Crippen LogP) is 3.14. The van der Waals surface area contributed by atoms with Gasteiger partial charge in [0.1, 0.15) is 17.0 Å². The number of aromatic nitrogens is 1. The van der Waals surface area contributed by atoms with Crippen molar-refractivity contribution in [2.24, 2.45) is 0 Å². The van der Waals surface area contributed by atoms with Crippen molar-refractivity contribution in [3.8, 4) is 17.0 Å². The SMILES string of the molecule is O=C(Nc1c(O)cccc1F)c1ccc(-c2ccccc2)[nH]c1=O. The number of phenols is 1. The van der Waals surface area contributed by atoms with Crippen LogP contribution in [0.15, 0.2) is 65.5 Å². The molecule has 120 valence electrons. The maximum atomic E-state index is 13.7. The molecule has 24 heavy (non-hydrogen) atoms. The first kappa shape index (κ1) is 15.5.